The Balaban J connectivity index is 1.75. The minimum atomic E-state index is -0.846. The van der Waals surface area contributed by atoms with Gasteiger partial charge in [-0.05, 0) is 28.7 Å². The molecule has 1 aliphatic heterocycles. The highest BCUT2D eigenvalue weighted by Crippen LogP contribution is 2.19. The Labute approximate surface area is 158 Å². The van der Waals surface area contributed by atoms with Gasteiger partial charge in [-0.2, -0.15) is 5.10 Å². The molecule has 27 heavy (non-hydrogen) atoms. The first kappa shape index (κ1) is 17.2. The van der Waals surface area contributed by atoms with Crippen molar-refractivity contribution in [1.29, 1.82) is 0 Å². The molecular weight excluding hydrogens is 399 g/mol. The molecular formula is C15H8Cl2N6O4. The Kier molecular flexibility index (Phi) is 4.13. The molecule has 0 unspecified atom stereocenters. The zero-order valence-electron chi connectivity index (χ0n) is 13.2. The minimum absolute atomic E-state index is 0.0767. The van der Waals surface area contributed by atoms with E-state index < -0.39 is 17.1 Å². The molecule has 136 valence electrons. The van der Waals surface area contributed by atoms with E-state index in [1.807, 2.05) is 0 Å². The van der Waals surface area contributed by atoms with Gasteiger partial charge in [-0.25, -0.2) is 9.36 Å². The summed E-state index contributed by atoms with van der Waals surface area (Å²) in [6, 6.07) is 5.06. The van der Waals surface area contributed by atoms with Crippen molar-refractivity contribution in [3.63, 3.8) is 0 Å². The number of hydrogen-bond acceptors (Lipinski definition) is 8. The van der Waals surface area contributed by atoms with Crippen molar-refractivity contribution in [2.45, 2.75) is 6.54 Å². The second-order valence-corrected chi connectivity index (χ2v) is 6.20. The van der Waals surface area contributed by atoms with E-state index in [4.69, 9.17) is 27.6 Å². The van der Waals surface area contributed by atoms with E-state index in [1.54, 1.807) is 18.2 Å². The third-order valence-corrected chi connectivity index (χ3v) is 4.41. The van der Waals surface area contributed by atoms with Gasteiger partial charge >= 0.3 is 5.76 Å². The van der Waals surface area contributed by atoms with Crippen molar-refractivity contribution in [3.05, 3.63) is 71.2 Å². The fraction of sp³-hybridized carbons (Fsp3) is 0.0667. The van der Waals surface area contributed by atoms with Gasteiger partial charge in [0.1, 0.15) is 16.1 Å². The Morgan fingerprint density at radius 2 is 2.11 bits per heavy atom. The molecule has 10 nitrogen and oxygen atoms in total. The maximum Gasteiger partial charge on any atom is 0.422 e. The maximum atomic E-state index is 12.1. The topological polar surface area (TPSA) is 138 Å². The van der Waals surface area contributed by atoms with Gasteiger partial charge in [0.25, 0.3) is 0 Å². The predicted molar refractivity (Wildman–Crippen MR) is 93.9 cm³/mol. The zero-order valence-corrected chi connectivity index (χ0v) is 14.7. The molecule has 12 heteroatoms. The number of nitrogens with one attached hydrogen (secondary N) is 1. The highest BCUT2D eigenvalue weighted by Gasteiger charge is 2.18. The number of halogens is 2. The first-order chi connectivity index (χ1) is 12.9. The molecule has 0 radical (unpaired) electrons. The van der Waals surface area contributed by atoms with Crippen LogP contribution in [0.15, 0.2) is 47.6 Å². The van der Waals surface area contributed by atoms with Crippen LogP contribution in [0.3, 0.4) is 0 Å². The van der Waals surface area contributed by atoms with Crippen molar-refractivity contribution >= 4 is 35.0 Å². The van der Waals surface area contributed by atoms with Gasteiger partial charge in [0.05, 0.1) is 12.2 Å². The van der Waals surface area contributed by atoms with Gasteiger partial charge in [0, 0.05) is 0 Å². The number of benzene rings is 1. The summed E-state index contributed by atoms with van der Waals surface area (Å²) < 4.78 is 5.97. The van der Waals surface area contributed by atoms with E-state index in [1.165, 1.54) is 6.08 Å². The number of nitrogens with zero attached hydrogens (tertiary/aromatic N) is 5. The molecule has 0 amide bonds. The van der Waals surface area contributed by atoms with Crippen molar-refractivity contribution in [1.82, 2.24) is 14.8 Å². The SMILES string of the molecule is O=c1c(Cl)n[nH]c(Cn2c(O)c(C=c3ccc4c(c3)N=NN=4)oc2=O)c1Cl. The van der Waals surface area contributed by atoms with Crippen LogP contribution < -0.4 is 21.8 Å². The van der Waals surface area contributed by atoms with E-state index in [2.05, 4.69) is 25.6 Å². The van der Waals surface area contributed by atoms with Gasteiger partial charge in [0.15, 0.2) is 10.9 Å². The average molecular weight is 407 g/mol. The van der Waals surface area contributed by atoms with E-state index in [0.29, 0.717) is 16.3 Å². The molecule has 0 saturated heterocycles. The molecule has 0 atom stereocenters. The summed E-state index contributed by atoms with van der Waals surface area (Å²) in [6.45, 7) is -0.266. The van der Waals surface area contributed by atoms with Crippen LogP contribution in [0.1, 0.15) is 11.5 Å². The molecule has 2 aromatic heterocycles. The minimum Gasteiger partial charge on any atom is -0.492 e. The third-order valence-electron chi connectivity index (χ3n) is 3.75. The van der Waals surface area contributed by atoms with Crippen molar-refractivity contribution in [3.8, 4) is 5.88 Å². The van der Waals surface area contributed by atoms with E-state index in [-0.39, 0.29) is 28.2 Å². The second-order valence-electron chi connectivity index (χ2n) is 5.46. The molecule has 3 aromatic rings. The van der Waals surface area contributed by atoms with Crippen molar-refractivity contribution in [2.24, 2.45) is 15.4 Å². The highest BCUT2D eigenvalue weighted by molar-refractivity contribution is 6.34. The predicted octanol–water partition coefficient (Wildman–Crippen LogP) is 1.05. The molecule has 3 heterocycles. The molecule has 0 spiro atoms. The molecule has 1 aliphatic rings. The fourth-order valence-electron chi connectivity index (χ4n) is 2.42. The van der Waals surface area contributed by atoms with Gasteiger partial charge in [-0.1, -0.05) is 29.3 Å². The normalized spacial score (nSPS) is 13.0. The first-order valence-electron chi connectivity index (χ1n) is 7.39. The van der Waals surface area contributed by atoms with Crippen LogP contribution >= 0.6 is 23.2 Å². The number of aromatic amines is 1. The van der Waals surface area contributed by atoms with Gasteiger partial charge in [-0.3, -0.25) is 9.89 Å². The van der Waals surface area contributed by atoms with E-state index >= 15 is 0 Å². The molecule has 0 fully saturated rings. The Hall–Kier alpha value is -3.24. The number of rotatable bonds is 3. The number of oxazole rings is 1. The molecule has 4 rings (SSSR count). The molecule has 0 bridgehead atoms. The number of aromatic hydroxyl groups is 1. The average Bonchev–Trinajstić information content (AvgIpc) is 3.21. The largest absolute Gasteiger partial charge is 0.492 e. The van der Waals surface area contributed by atoms with Crippen LogP contribution in [0, 0.1) is 0 Å². The standard InChI is InChI=1S/C15H8Cl2N6O4/c16-11-9(18-21-13(17)12(11)24)5-23-14(25)10(27-15(23)26)4-6-1-2-7-8(3-6)20-22-19-7/h1-4,25H,5H2,(H,18,24). The Bertz CT molecular complexity index is 1340. The quantitative estimate of drug-likeness (QED) is 0.668. The zero-order chi connectivity index (χ0) is 19.1. The van der Waals surface area contributed by atoms with Crippen molar-refractivity contribution in [2.75, 3.05) is 0 Å². The van der Waals surface area contributed by atoms with Gasteiger partial charge in [0.2, 0.25) is 11.3 Å². The van der Waals surface area contributed by atoms with E-state index in [9.17, 15) is 14.7 Å². The number of H-pyrrole nitrogens is 1. The molecule has 0 aliphatic carbocycles. The summed E-state index contributed by atoms with van der Waals surface area (Å²) in [5, 5.41) is 28.3. The summed E-state index contributed by atoms with van der Waals surface area (Å²) in [5.41, 5.74) is -0.0374. The smallest absolute Gasteiger partial charge is 0.422 e. The van der Waals surface area contributed by atoms with Crippen LogP contribution in [0.5, 0.6) is 5.88 Å². The maximum absolute atomic E-state index is 12.1. The molecule has 0 saturated carbocycles. The van der Waals surface area contributed by atoms with Crippen LogP contribution in [-0.2, 0) is 6.54 Å². The number of fused-ring (bicyclic) bond motifs is 1. The summed E-state index contributed by atoms with van der Waals surface area (Å²) in [5.74, 6) is -1.37. The van der Waals surface area contributed by atoms with Crippen molar-refractivity contribution < 1.29 is 9.52 Å². The first-order valence-corrected chi connectivity index (χ1v) is 8.15. The Morgan fingerprint density at radius 3 is 2.93 bits per heavy atom. The fourth-order valence-corrected chi connectivity index (χ4v) is 2.80. The van der Waals surface area contributed by atoms with Gasteiger partial charge in [-0.15, -0.1) is 10.2 Å². The van der Waals surface area contributed by atoms with E-state index in [0.717, 1.165) is 4.57 Å². The number of hydrogen-bond donors (Lipinski definition) is 2. The van der Waals surface area contributed by atoms with Crippen LogP contribution in [-0.4, -0.2) is 19.9 Å². The number of aromatic nitrogens is 3. The second kappa shape index (κ2) is 6.49. The lowest BCUT2D eigenvalue weighted by Gasteiger charge is -2.04. The van der Waals surface area contributed by atoms with Crippen LogP contribution in [0.25, 0.3) is 6.08 Å². The highest BCUT2D eigenvalue weighted by atomic mass is 35.5. The molecule has 1 aromatic carbocycles. The third kappa shape index (κ3) is 3.04. The van der Waals surface area contributed by atoms with Crippen LogP contribution in [0.2, 0.25) is 10.2 Å². The summed E-state index contributed by atoms with van der Waals surface area (Å²) in [7, 11) is 0. The van der Waals surface area contributed by atoms with Gasteiger partial charge < -0.3 is 9.52 Å². The lowest BCUT2D eigenvalue weighted by molar-refractivity contribution is 0.419. The summed E-state index contributed by atoms with van der Waals surface area (Å²) >= 11 is 11.5. The summed E-state index contributed by atoms with van der Waals surface area (Å²) in [6.07, 6.45) is 1.45. The van der Waals surface area contributed by atoms with Crippen LogP contribution in [0.4, 0.5) is 5.69 Å². The lowest BCUT2D eigenvalue weighted by atomic mass is 10.2. The Morgan fingerprint density at radius 1 is 1.30 bits per heavy atom. The summed E-state index contributed by atoms with van der Waals surface area (Å²) in [4.78, 5) is 23.8. The lowest BCUT2D eigenvalue weighted by Crippen LogP contribution is -2.19. The monoisotopic (exact) mass is 406 g/mol. The molecule has 2 N–H and O–H groups in total.